The van der Waals surface area contributed by atoms with Crippen molar-refractivity contribution in [3.8, 4) is 5.75 Å². The van der Waals surface area contributed by atoms with Gasteiger partial charge in [-0.05, 0) is 18.1 Å². The van der Waals surface area contributed by atoms with Gasteiger partial charge in [-0.25, -0.2) is 0 Å². The smallest absolute Gasteiger partial charge is 0.124 e. The summed E-state index contributed by atoms with van der Waals surface area (Å²) < 4.78 is 10.5. The van der Waals surface area contributed by atoms with Crippen LogP contribution in [0.1, 0.15) is 25.3 Å². The Hall–Kier alpha value is -0.730. The minimum atomic E-state index is 0.358. The summed E-state index contributed by atoms with van der Waals surface area (Å²) in [6, 6.07) is 5.73. The molecular weight excluding hydrogens is 212 g/mol. The van der Waals surface area contributed by atoms with Crippen LogP contribution in [0.2, 0.25) is 5.02 Å². The number of hydrogen-bond donors (Lipinski definition) is 0. The molecule has 0 fully saturated rings. The van der Waals surface area contributed by atoms with Gasteiger partial charge in [0.2, 0.25) is 0 Å². The zero-order valence-corrected chi connectivity index (χ0v) is 10.2. The van der Waals surface area contributed by atoms with E-state index in [9.17, 15) is 0 Å². The van der Waals surface area contributed by atoms with Crippen LogP contribution >= 0.6 is 11.6 Å². The van der Waals surface area contributed by atoms with Crippen LogP contribution in [-0.4, -0.2) is 20.3 Å². The number of ether oxygens (including phenoxy) is 2. The van der Waals surface area contributed by atoms with Crippen molar-refractivity contribution in [1.82, 2.24) is 0 Å². The molecule has 0 N–H and O–H groups in total. The van der Waals surface area contributed by atoms with Crippen molar-refractivity contribution in [2.24, 2.45) is 0 Å². The number of rotatable bonds is 5. The van der Waals surface area contributed by atoms with Gasteiger partial charge < -0.3 is 9.47 Å². The molecule has 0 radical (unpaired) electrons. The van der Waals surface area contributed by atoms with Crippen molar-refractivity contribution in [2.45, 2.75) is 19.8 Å². The van der Waals surface area contributed by atoms with Gasteiger partial charge in [0.1, 0.15) is 12.4 Å². The Labute approximate surface area is 96.2 Å². The highest BCUT2D eigenvalue weighted by Gasteiger charge is 2.11. The molecule has 2 nitrogen and oxygen atoms in total. The van der Waals surface area contributed by atoms with E-state index in [1.807, 2.05) is 18.2 Å². The van der Waals surface area contributed by atoms with E-state index < -0.39 is 0 Å². The second kappa shape index (κ2) is 5.99. The molecule has 0 unspecified atom stereocenters. The summed E-state index contributed by atoms with van der Waals surface area (Å²) in [7, 11) is 1.66. The lowest BCUT2D eigenvalue weighted by Crippen LogP contribution is -2.06. The van der Waals surface area contributed by atoms with Crippen molar-refractivity contribution in [1.29, 1.82) is 0 Å². The molecule has 1 rings (SSSR count). The number of benzene rings is 1. The maximum atomic E-state index is 6.13. The Bertz CT molecular complexity index is 310. The normalized spacial score (nSPS) is 10.7. The van der Waals surface area contributed by atoms with Crippen LogP contribution in [0.5, 0.6) is 5.75 Å². The second-order valence-electron chi connectivity index (χ2n) is 3.65. The monoisotopic (exact) mass is 228 g/mol. The molecule has 0 aliphatic rings. The van der Waals surface area contributed by atoms with Gasteiger partial charge in [-0.15, -0.1) is 0 Å². The Morgan fingerprint density at radius 2 is 2.00 bits per heavy atom. The predicted molar refractivity (Wildman–Crippen MR) is 62.9 cm³/mol. The average molecular weight is 229 g/mol. The highest BCUT2D eigenvalue weighted by molar-refractivity contribution is 6.31. The lowest BCUT2D eigenvalue weighted by Gasteiger charge is -2.15. The topological polar surface area (TPSA) is 18.5 Å². The van der Waals surface area contributed by atoms with Gasteiger partial charge >= 0.3 is 0 Å². The molecule has 3 heteroatoms. The molecule has 0 aliphatic heterocycles. The molecule has 1 aromatic carbocycles. The first-order valence-electron chi connectivity index (χ1n) is 5.07. The number of hydrogen-bond acceptors (Lipinski definition) is 2. The molecule has 0 spiro atoms. The maximum absolute atomic E-state index is 6.13. The van der Waals surface area contributed by atoms with E-state index in [0.717, 1.165) is 16.3 Å². The minimum absolute atomic E-state index is 0.358. The molecule has 0 aliphatic carbocycles. The second-order valence-corrected chi connectivity index (χ2v) is 4.05. The highest BCUT2D eigenvalue weighted by Crippen LogP contribution is 2.32. The quantitative estimate of drug-likeness (QED) is 0.719. The highest BCUT2D eigenvalue weighted by atomic mass is 35.5. The van der Waals surface area contributed by atoms with Crippen molar-refractivity contribution in [3.63, 3.8) is 0 Å². The fraction of sp³-hybridized carbons (Fsp3) is 0.500. The molecule has 15 heavy (non-hydrogen) atoms. The number of halogens is 1. The number of methoxy groups -OCH3 is 1. The molecule has 1 aromatic rings. The van der Waals surface area contributed by atoms with Gasteiger partial charge in [-0.2, -0.15) is 0 Å². The van der Waals surface area contributed by atoms with Crippen LogP contribution in [0.25, 0.3) is 0 Å². The summed E-state index contributed by atoms with van der Waals surface area (Å²) in [5.41, 5.74) is 1.07. The Morgan fingerprint density at radius 3 is 2.60 bits per heavy atom. The molecule has 0 heterocycles. The van der Waals surface area contributed by atoms with Crippen molar-refractivity contribution < 1.29 is 9.47 Å². The third-order valence-corrected chi connectivity index (χ3v) is 2.46. The van der Waals surface area contributed by atoms with Crippen LogP contribution in [0.4, 0.5) is 0 Å². The van der Waals surface area contributed by atoms with Gasteiger partial charge in [0.15, 0.2) is 0 Å². The van der Waals surface area contributed by atoms with E-state index in [-0.39, 0.29) is 0 Å². The third-order valence-electron chi connectivity index (χ3n) is 2.14. The van der Waals surface area contributed by atoms with Gasteiger partial charge in [-0.1, -0.05) is 31.5 Å². The summed E-state index contributed by atoms with van der Waals surface area (Å²) >= 11 is 6.13. The zero-order chi connectivity index (χ0) is 11.3. The Kier molecular flexibility index (Phi) is 4.92. The molecular formula is C12H17ClO2. The van der Waals surface area contributed by atoms with Crippen LogP contribution in [0.3, 0.4) is 0 Å². The van der Waals surface area contributed by atoms with Crippen LogP contribution in [0, 0.1) is 0 Å². The van der Waals surface area contributed by atoms with E-state index in [0.29, 0.717) is 19.1 Å². The summed E-state index contributed by atoms with van der Waals surface area (Å²) in [6.45, 7) is 5.34. The first kappa shape index (κ1) is 12.3. The molecule has 0 saturated heterocycles. The van der Waals surface area contributed by atoms with Gasteiger partial charge in [0, 0.05) is 17.7 Å². The zero-order valence-electron chi connectivity index (χ0n) is 9.42. The molecule has 0 saturated carbocycles. The molecule has 0 amide bonds. The molecule has 0 atom stereocenters. The van der Waals surface area contributed by atoms with E-state index >= 15 is 0 Å². The summed E-state index contributed by atoms with van der Waals surface area (Å²) in [4.78, 5) is 0. The lowest BCUT2D eigenvalue weighted by atomic mass is 10.0. The van der Waals surface area contributed by atoms with E-state index in [2.05, 4.69) is 13.8 Å². The third kappa shape index (κ3) is 3.40. The first-order chi connectivity index (χ1) is 7.16. The fourth-order valence-corrected chi connectivity index (χ4v) is 1.82. The SMILES string of the molecule is COCCOc1cccc(Cl)c1C(C)C. The van der Waals surface area contributed by atoms with E-state index in [1.54, 1.807) is 7.11 Å². The summed E-state index contributed by atoms with van der Waals surface area (Å²) in [6.07, 6.45) is 0. The Morgan fingerprint density at radius 1 is 1.27 bits per heavy atom. The van der Waals surface area contributed by atoms with Gasteiger partial charge in [-0.3, -0.25) is 0 Å². The standard InChI is InChI=1S/C12H17ClO2/c1-9(2)12-10(13)5-4-6-11(12)15-8-7-14-3/h4-6,9H,7-8H2,1-3H3. The minimum Gasteiger partial charge on any atom is -0.491 e. The van der Waals surface area contributed by atoms with Gasteiger partial charge in [0.05, 0.1) is 6.61 Å². The van der Waals surface area contributed by atoms with Crippen LogP contribution < -0.4 is 4.74 Å². The summed E-state index contributed by atoms with van der Waals surface area (Å²) in [5.74, 6) is 1.21. The van der Waals surface area contributed by atoms with Crippen molar-refractivity contribution in [3.05, 3.63) is 28.8 Å². The molecule has 84 valence electrons. The van der Waals surface area contributed by atoms with E-state index in [1.165, 1.54) is 0 Å². The van der Waals surface area contributed by atoms with Gasteiger partial charge in [0.25, 0.3) is 0 Å². The van der Waals surface area contributed by atoms with E-state index in [4.69, 9.17) is 21.1 Å². The molecule has 0 aromatic heterocycles. The van der Waals surface area contributed by atoms with Crippen molar-refractivity contribution >= 4 is 11.6 Å². The molecule has 0 bridgehead atoms. The van der Waals surface area contributed by atoms with Crippen molar-refractivity contribution in [2.75, 3.05) is 20.3 Å². The first-order valence-corrected chi connectivity index (χ1v) is 5.44. The average Bonchev–Trinajstić information content (AvgIpc) is 2.17. The lowest BCUT2D eigenvalue weighted by molar-refractivity contribution is 0.145. The van der Waals surface area contributed by atoms with Crippen LogP contribution in [-0.2, 0) is 4.74 Å². The predicted octanol–water partition coefficient (Wildman–Crippen LogP) is 3.49. The fourth-order valence-electron chi connectivity index (χ4n) is 1.44. The Balaban J connectivity index is 2.81. The summed E-state index contributed by atoms with van der Waals surface area (Å²) in [5, 5.41) is 0.764. The van der Waals surface area contributed by atoms with Crippen LogP contribution in [0.15, 0.2) is 18.2 Å². The largest absolute Gasteiger partial charge is 0.491 e. The maximum Gasteiger partial charge on any atom is 0.124 e.